The molecular weight excluding hydrogens is 260 g/mol. The number of anilines is 1. The SMILES string of the molecule is O=C1Nc2ccccc2C1CCc1c[nH]c2ccccc12. The zero-order valence-corrected chi connectivity index (χ0v) is 11.6. The van der Waals surface area contributed by atoms with Crippen LogP contribution in [-0.4, -0.2) is 10.9 Å². The molecular formula is C18H16N2O. The minimum atomic E-state index is -0.0325. The summed E-state index contributed by atoms with van der Waals surface area (Å²) in [4.78, 5) is 15.4. The van der Waals surface area contributed by atoms with Crippen LogP contribution in [0.4, 0.5) is 5.69 Å². The Kier molecular flexibility index (Phi) is 2.78. The average Bonchev–Trinajstić information content (AvgIpc) is 3.06. The molecule has 1 unspecified atom stereocenters. The number of rotatable bonds is 3. The van der Waals surface area contributed by atoms with Gasteiger partial charge in [0.05, 0.1) is 5.92 Å². The quantitative estimate of drug-likeness (QED) is 0.750. The van der Waals surface area contributed by atoms with Gasteiger partial charge in [-0.3, -0.25) is 4.79 Å². The van der Waals surface area contributed by atoms with Crippen LogP contribution in [0.1, 0.15) is 23.5 Å². The van der Waals surface area contributed by atoms with E-state index >= 15 is 0 Å². The van der Waals surface area contributed by atoms with Gasteiger partial charge in [0, 0.05) is 22.8 Å². The number of carbonyl (C=O) groups excluding carboxylic acids is 1. The van der Waals surface area contributed by atoms with E-state index in [4.69, 9.17) is 0 Å². The fourth-order valence-corrected chi connectivity index (χ4v) is 3.20. The maximum atomic E-state index is 12.1. The lowest BCUT2D eigenvalue weighted by Crippen LogP contribution is -2.12. The monoisotopic (exact) mass is 276 g/mol. The van der Waals surface area contributed by atoms with Gasteiger partial charge < -0.3 is 10.3 Å². The first kappa shape index (κ1) is 12.2. The number of aryl methyl sites for hydroxylation is 1. The third kappa shape index (κ3) is 2.02. The lowest BCUT2D eigenvalue weighted by Gasteiger charge is -2.08. The molecule has 3 aromatic rings. The summed E-state index contributed by atoms with van der Waals surface area (Å²) in [6.07, 6.45) is 3.80. The van der Waals surface area contributed by atoms with E-state index in [0.717, 1.165) is 29.6 Å². The van der Waals surface area contributed by atoms with E-state index in [9.17, 15) is 4.79 Å². The maximum Gasteiger partial charge on any atom is 0.232 e. The molecule has 2 aromatic carbocycles. The first-order valence-electron chi connectivity index (χ1n) is 7.28. The topological polar surface area (TPSA) is 44.9 Å². The van der Waals surface area contributed by atoms with Crippen molar-refractivity contribution in [2.24, 2.45) is 0 Å². The number of nitrogens with one attached hydrogen (secondary N) is 2. The van der Waals surface area contributed by atoms with Gasteiger partial charge in [-0.1, -0.05) is 36.4 Å². The van der Waals surface area contributed by atoms with Crippen LogP contribution in [0, 0.1) is 0 Å². The standard InChI is InChI=1S/C18H16N2O/c21-18-15(14-6-2-4-8-17(14)20-18)10-9-12-11-19-16-7-3-1-5-13(12)16/h1-8,11,15,19H,9-10H2,(H,20,21). The number of H-pyrrole nitrogens is 1. The van der Waals surface area contributed by atoms with Crippen LogP contribution in [0.3, 0.4) is 0 Å². The number of aromatic amines is 1. The Bertz CT molecular complexity index is 819. The van der Waals surface area contributed by atoms with Crippen molar-refractivity contribution in [2.45, 2.75) is 18.8 Å². The molecule has 104 valence electrons. The number of hydrogen-bond acceptors (Lipinski definition) is 1. The second-order valence-corrected chi connectivity index (χ2v) is 5.53. The summed E-state index contributed by atoms with van der Waals surface area (Å²) in [6.45, 7) is 0. The van der Waals surface area contributed by atoms with Crippen LogP contribution in [-0.2, 0) is 11.2 Å². The van der Waals surface area contributed by atoms with Crippen LogP contribution in [0.2, 0.25) is 0 Å². The first-order chi connectivity index (χ1) is 10.3. The normalized spacial score (nSPS) is 17.0. The van der Waals surface area contributed by atoms with E-state index in [-0.39, 0.29) is 11.8 Å². The second kappa shape index (κ2) is 4.77. The number of hydrogen-bond donors (Lipinski definition) is 2. The summed E-state index contributed by atoms with van der Waals surface area (Å²) in [7, 11) is 0. The largest absolute Gasteiger partial charge is 0.361 e. The minimum absolute atomic E-state index is 0.0325. The Hall–Kier alpha value is -2.55. The summed E-state index contributed by atoms with van der Waals surface area (Å²) < 4.78 is 0. The molecule has 1 aromatic heterocycles. The predicted octanol–water partition coefficient (Wildman–Crippen LogP) is 3.84. The molecule has 0 saturated heterocycles. The van der Waals surface area contributed by atoms with E-state index in [1.54, 1.807) is 0 Å². The zero-order valence-electron chi connectivity index (χ0n) is 11.6. The highest BCUT2D eigenvalue weighted by Gasteiger charge is 2.29. The van der Waals surface area contributed by atoms with Gasteiger partial charge >= 0.3 is 0 Å². The molecule has 1 aliphatic heterocycles. The van der Waals surface area contributed by atoms with Crippen molar-refractivity contribution in [3.8, 4) is 0 Å². The number of benzene rings is 2. The molecule has 0 bridgehead atoms. The van der Waals surface area contributed by atoms with Crippen LogP contribution >= 0.6 is 0 Å². The zero-order chi connectivity index (χ0) is 14.2. The van der Waals surface area contributed by atoms with Gasteiger partial charge in [0.1, 0.15) is 0 Å². The van der Waals surface area contributed by atoms with E-state index in [2.05, 4.69) is 34.7 Å². The van der Waals surface area contributed by atoms with Gasteiger partial charge in [-0.15, -0.1) is 0 Å². The lowest BCUT2D eigenvalue weighted by molar-refractivity contribution is -0.117. The fraction of sp³-hybridized carbons (Fsp3) is 0.167. The molecule has 0 aliphatic carbocycles. The fourth-order valence-electron chi connectivity index (χ4n) is 3.20. The van der Waals surface area contributed by atoms with Crippen molar-refractivity contribution in [3.63, 3.8) is 0 Å². The third-order valence-electron chi connectivity index (χ3n) is 4.29. The summed E-state index contributed by atoms with van der Waals surface area (Å²) in [5, 5.41) is 4.22. The molecule has 2 heterocycles. The number of para-hydroxylation sites is 2. The summed E-state index contributed by atoms with van der Waals surface area (Å²) in [5.41, 5.74) is 4.53. The Labute approximate surface area is 123 Å². The molecule has 0 spiro atoms. The van der Waals surface area contributed by atoms with Gasteiger partial charge in [-0.25, -0.2) is 0 Å². The van der Waals surface area contributed by atoms with Crippen molar-refractivity contribution < 1.29 is 4.79 Å². The summed E-state index contributed by atoms with van der Waals surface area (Å²) in [5.74, 6) is 0.0888. The van der Waals surface area contributed by atoms with Crippen LogP contribution < -0.4 is 5.32 Å². The summed E-state index contributed by atoms with van der Waals surface area (Å²) in [6, 6.07) is 16.3. The van der Waals surface area contributed by atoms with Crippen LogP contribution in [0.15, 0.2) is 54.7 Å². The molecule has 1 amide bonds. The Morgan fingerprint density at radius 1 is 1.00 bits per heavy atom. The maximum absolute atomic E-state index is 12.1. The molecule has 21 heavy (non-hydrogen) atoms. The highest BCUT2D eigenvalue weighted by Crippen LogP contribution is 2.35. The molecule has 0 fully saturated rings. The third-order valence-corrected chi connectivity index (χ3v) is 4.29. The highest BCUT2D eigenvalue weighted by atomic mass is 16.2. The number of carbonyl (C=O) groups is 1. The van der Waals surface area contributed by atoms with Crippen molar-refractivity contribution >= 4 is 22.5 Å². The molecule has 1 atom stereocenters. The van der Waals surface area contributed by atoms with E-state index in [1.807, 2.05) is 30.3 Å². The molecule has 3 heteroatoms. The molecule has 2 N–H and O–H groups in total. The Morgan fingerprint density at radius 2 is 1.81 bits per heavy atom. The van der Waals surface area contributed by atoms with Crippen LogP contribution in [0.5, 0.6) is 0 Å². The summed E-state index contributed by atoms with van der Waals surface area (Å²) >= 11 is 0. The van der Waals surface area contributed by atoms with Gasteiger partial charge in [0.2, 0.25) is 5.91 Å². The predicted molar refractivity (Wildman–Crippen MR) is 84.4 cm³/mol. The molecule has 1 aliphatic rings. The van der Waals surface area contributed by atoms with Gasteiger partial charge in [0.15, 0.2) is 0 Å². The Morgan fingerprint density at radius 3 is 2.76 bits per heavy atom. The molecule has 4 rings (SSSR count). The lowest BCUT2D eigenvalue weighted by atomic mass is 9.93. The highest BCUT2D eigenvalue weighted by molar-refractivity contribution is 6.02. The number of fused-ring (bicyclic) bond motifs is 2. The number of amides is 1. The molecule has 0 radical (unpaired) electrons. The van der Waals surface area contributed by atoms with E-state index in [0.29, 0.717) is 0 Å². The molecule has 0 saturated carbocycles. The average molecular weight is 276 g/mol. The van der Waals surface area contributed by atoms with Gasteiger partial charge in [0.25, 0.3) is 0 Å². The van der Waals surface area contributed by atoms with Crippen LogP contribution in [0.25, 0.3) is 10.9 Å². The van der Waals surface area contributed by atoms with Gasteiger partial charge in [-0.05, 0) is 36.1 Å². The minimum Gasteiger partial charge on any atom is -0.361 e. The van der Waals surface area contributed by atoms with E-state index in [1.165, 1.54) is 10.9 Å². The smallest absolute Gasteiger partial charge is 0.232 e. The van der Waals surface area contributed by atoms with Crippen molar-refractivity contribution in [1.29, 1.82) is 0 Å². The Balaban J connectivity index is 1.59. The van der Waals surface area contributed by atoms with Crippen molar-refractivity contribution in [1.82, 2.24) is 4.98 Å². The second-order valence-electron chi connectivity index (χ2n) is 5.53. The van der Waals surface area contributed by atoms with Gasteiger partial charge in [-0.2, -0.15) is 0 Å². The first-order valence-corrected chi connectivity index (χ1v) is 7.28. The van der Waals surface area contributed by atoms with Crippen molar-refractivity contribution in [3.05, 3.63) is 65.9 Å². The molecule has 3 nitrogen and oxygen atoms in total. The van der Waals surface area contributed by atoms with E-state index < -0.39 is 0 Å². The number of aromatic nitrogens is 1. The van der Waals surface area contributed by atoms with Crippen molar-refractivity contribution in [2.75, 3.05) is 5.32 Å².